The normalized spacial score (nSPS) is 21.1. The van der Waals surface area contributed by atoms with Gasteiger partial charge in [-0.1, -0.05) is 34.6 Å². The van der Waals surface area contributed by atoms with E-state index in [0.717, 1.165) is 11.1 Å². The van der Waals surface area contributed by atoms with E-state index in [0.29, 0.717) is 24.3 Å². The van der Waals surface area contributed by atoms with E-state index >= 15 is 0 Å². The highest BCUT2D eigenvalue weighted by Gasteiger charge is 2.20. The van der Waals surface area contributed by atoms with Crippen molar-refractivity contribution in [3.05, 3.63) is 35.4 Å². The largest absolute Gasteiger partial charge is 0.411 e. The summed E-state index contributed by atoms with van der Waals surface area (Å²) >= 11 is 0. The van der Waals surface area contributed by atoms with Gasteiger partial charge >= 0.3 is 0 Å². The molecule has 0 unspecified atom stereocenters. The molecule has 2 rings (SSSR count). The van der Waals surface area contributed by atoms with Crippen LogP contribution in [0.15, 0.2) is 34.6 Å². The maximum atomic E-state index is 8.78. The second-order valence-electron chi connectivity index (χ2n) is 3.14. The van der Waals surface area contributed by atoms with Crippen molar-refractivity contribution in [2.75, 3.05) is 0 Å². The lowest BCUT2D eigenvalue weighted by Gasteiger charge is -2.16. The van der Waals surface area contributed by atoms with Gasteiger partial charge in [0.1, 0.15) is 0 Å². The predicted molar refractivity (Wildman–Crippen MR) is 52.3 cm³/mol. The molecular formula is C10H10N2O2. The molecule has 1 aromatic rings. The molecule has 0 amide bonds. The van der Waals surface area contributed by atoms with Gasteiger partial charge in [-0.15, -0.1) is 0 Å². The van der Waals surface area contributed by atoms with Gasteiger partial charge < -0.3 is 10.4 Å². The second kappa shape index (κ2) is 3.49. The van der Waals surface area contributed by atoms with Gasteiger partial charge in [0.15, 0.2) is 0 Å². The van der Waals surface area contributed by atoms with E-state index in [1.165, 1.54) is 0 Å². The summed E-state index contributed by atoms with van der Waals surface area (Å²) in [6, 6.07) is 7.44. The lowest BCUT2D eigenvalue weighted by Crippen LogP contribution is -2.18. The molecule has 4 nitrogen and oxygen atoms in total. The summed E-state index contributed by atoms with van der Waals surface area (Å²) in [7, 11) is 0. The van der Waals surface area contributed by atoms with Gasteiger partial charge in [-0.05, 0) is 12.8 Å². The van der Waals surface area contributed by atoms with Crippen LogP contribution < -0.4 is 0 Å². The first-order chi connectivity index (χ1) is 6.86. The Balaban J connectivity index is 2.60. The molecule has 72 valence electrons. The van der Waals surface area contributed by atoms with Crippen LogP contribution in [0, 0.1) is 0 Å². The van der Waals surface area contributed by atoms with Crippen LogP contribution in [0.5, 0.6) is 0 Å². The first-order valence-electron chi connectivity index (χ1n) is 4.38. The van der Waals surface area contributed by atoms with E-state index in [4.69, 9.17) is 10.4 Å². The van der Waals surface area contributed by atoms with Crippen LogP contribution in [-0.4, -0.2) is 21.8 Å². The molecule has 1 aliphatic carbocycles. The quantitative estimate of drug-likeness (QED) is 0.484. The minimum Gasteiger partial charge on any atom is -0.411 e. The number of nitrogens with zero attached hydrogens (tertiary/aromatic N) is 2. The van der Waals surface area contributed by atoms with Crippen LogP contribution in [0.3, 0.4) is 0 Å². The number of fused-ring (bicyclic) bond motifs is 1. The third kappa shape index (κ3) is 1.25. The van der Waals surface area contributed by atoms with Crippen molar-refractivity contribution in [3.63, 3.8) is 0 Å². The van der Waals surface area contributed by atoms with E-state index in [2.05, 4.69) is 10.3 Å². The highest BCUT2D eigenvalue weighted by atomic mass is 16.4. The Morgan fingerprint density at radius 2 is 1.29 bits per heavy atom. The number of hydrogen-bond donors (Lipinski definition) is 2. The Morgan fingerprint density at radius 1 is 0.857 bits per heavy atom. The minimum atomic E-state index is 0.604. The lowest BCUT2D eigenvalue weighted by molar-refractivity contribution is 0.315. The molecule has 0 atom stereocenters. The molecule has 1 aliphatic rings. The van der Waals surface area contributed by atoms with Crippen molar-refractivity contribution in [2.24, 2.45) is 10.3 Å². The first-order valence-corrected chi connectivity index (χ1v) is 4.38. The molecule has 0 heterocycles. The topological polar surface area (TPSA) is 65.2 Å². The van der Waals surface area contributed by atoms with Crippen molar-refractivity contribution in [1.29, 1.82) is 0 Å². The Bertz CT molecular complexity index is 371. The number of hydrogen-bond acceptors (Lipinski definition) is 4. The highest BCUT2D eigenvalue weighted by molar-refractivity contribution is 6.17. The van der Waals surface area contributed by atoms with Crippen molar-refractivity contribution >= 4 is 11.4 Å². The molecule has 0 spiro atoms. The van der Waals surface area contributed by atoms with Crippen molar-refractivity contribution in [3.8, 4) is 0 Å². The maximum Gasteiger partial charge on any atom is 0.0878 e. The van der Waals surface area contributed by atoms with Crippen molar-refractivity contribution < 1.29 is 10.4 Å². The van der Waals surface area contributed by atoms with Gasteiger partial charge in [-0.3, -0.25) is 0 Å². The smallest absolute Gasteiger partial charge is 0.0878 e. The van der Waals surface area contributed by atoms with Crippen LogP contribution in [-0.2, 0) is 0 Å². The van der Waals surface area contributed by atoms with Gasteiger partial charge in [-0.25, -0.2) is 0 Å². The van der Waals surface area contributed by atoms with E-state index in [1.807, 2.05) is 24.3 Å². The van der Waals surface area contributed by atoms with Gasteiger partial charge in [-0.2, -0.15) is 0 Å². The monoisotopic (exact) mass is 190 g/mol. The summed E-state index contributed by atoms with van der Waals surface area (Å²) in [4.78, 5) is 0. The fourth-order valence-electron chi connectivity index (χ4n) is 1.70. The summed E-state index contributed by atoms with van der Waals surface area (Å²) in [5.41, 5.74) is 2.98. The average molecular weight is 190 g/mol. The van der Waals surface area contributed by atoms with Crippen LogP contribution in [0.1, 0.15) is 24.0 Å². The molecule has 4 heteroatoms. The first kappa shape index (κ1) is 8.74. The van der Waals surface area contributed by atoms with E-state index in [-0.39, 0.29) is 0 Å². The standard InChI is InChI=1S/C10H10N2O2/c13-11-9-5-6-10(12-14)8-4-2-1-3-7(8)9/h1-4,13-14H,5-6H2/b11-9+,12-10+. The lowest BCUT2D eigenvalue weighted by atomic mass is 9.89. The third-order valence-electron chi connectivity index (χ3n) is 2.39. The van der Waals surface area contributed by atoms with E-state index in [1.54, 1.807) is 0 Å². The number of rotatable bonds is 0. The highest BCUT2D eigenvalue weighted by Crippen LogP contribution is 2.21. The summed E-state index contributed by atoms with van der Waals surface area (Å²) in [5.74, 6) is 0. The molecule has 2 N–H and O–H groups in total. The molecular weight excluding hydrogens is 180 g/mol. The average Bonchev–Trinajstić information content (AvgIpc) is 2.27. The van der Waals surface area contributed by atoms with Crippen LogP contribution >= 0.6 is 0 Å². The Labute approximate surface area is 81.2 Å². The van der Waals surface area contributed by atoms with Crippen LogP contribution in [0.25, 0.3) is 0 Å². The molecule has 14 heavy (non-hydrogen) atoms. The molecule has 1 aromatic carbocycles. The summed E-state index contributed by atoms with van der Waals surface area (Å²) in [5, 5.41) is 24.0. The zero-order valence-corrected chi connectivity index (χ0v) is 7.51. The Morgan fingerprint density at radius 3 is 1.64 bits per heavy atom. The zero-order valence-electron chi connectivity index (χ0n) is 7.51. The van der Waals surface area contributed by atoms with E-state index < -0.39 is 0 Å². The molecule has 0 saturated heterocycles. The van der Waals surface area contributed by atoms with Gasteiger partial charge in [0, 0.05) is 11.1 Å². The Kier molecular flexibility index (Phi) is 2.18. The third-order valence-corrected chi connectivity index (χ3v) is 2.39. The summed E-state index contributed by atoms with van der Waals surface area (Å²) in [6.45, 7) is 0. The Hall–Kier alpha value is -1.84. The fraction of sp³-hybridized carbons (Fsp3) is 0.200. The van der Waals surface area contributed by atoms with Crippen molar-refractivity contribution in [2.45, 2.75) is 12.8 Å². The fourth-order valence-corrected chi connectivity index (χ4v) is 1.70. The van der Waals surface area contributed by atoms with Gasteiger partial charge in [0.25, 0.3) is 0 Å². The van der Waals surface area contributed by atoms with Crippen molar-refractivity contribution in [1.82, 2.24) is 0 Å². The molecule has 0 fully saturated rings. The molecule has 0 aliphatic heterocycles. The minimum absolute atomic E-state index is 0.604. The maximum absolute atomic E-state index is 8.78. The molecule has 0 saturated carbocycles. The van der Waals surface area contributed by atoms with Crippen LogP contribution in [0.2, 0.25) is 0 Å². The molecule has 0 radical (unpaired) electrons. The van der Waals surface area contributed by atoms with Crippen LogP contribution in [0.4, 0.5) is 0 Å². The van der Waals surface area contributed by atoms with Gasteiger partial charge in [0.05, 0.1) is 11.4 Å². The SMILES string of the molecule is O/N=C1\CC/C(=N\O)c2ccccc21. The number of oxime groups is 2. The second-order valence-corrected chi connectivity index (χ2v) is 3.14. The molecule has 0 bridgehead atoms. The zero-order chi connectivity index (χ0) is 9.97. The summed E-state index contributed by atoms with van der Waals surface area (Å²) < 4.78 is 0. The molecule has 0 aromatic heterocycles. The van der Waals surface area contributed by atoms with Gasteiger partial charge in [0.2, 0.25) is 0 Å². The van der Waals surface area contributed by atoms with E-state index in [9.17, 15) is 0 Å². The summed E-state index contributed by atoms with van der Waals surface area (Å²) in [6.07, 6.45) is 1.21. The predicted octanol–water partition coefficient (Wildman–Crippen LogP) is 1.84. The number of benzene rings is 1.